The topological polar surface area (TPSA) is 35.2 Å². The fourth-order valence-electron chi connectivity index (χ4n) is 19.1. The van der Waals surface area contributed by atoms with Crippen molar-refractivity contribution in [2.24, 2.45) is 0 Å². The van der Waals surface area contributed by atoms with Gasteiger partial charge in [0.25, 0.3) is 7.59 Å². The lowest BCUT2D eigenvalue weighted by molar-refractivity contribution is -0.699. The summed E-state index contributed by atoms with van der Waals surface area (Å²) in [6.45, 7) is 26.3. The Balaban J connectivity index is 0.000000235. The molecule has 0 bridgehead atoms. The number of hydrogen-bond donors (Lipinski definition) is 0. The molecule has 6 heterocycles. The SMILES string of the molecule is CC(C)n1cc[n+](C(C)C)c1[B-](Br)(Br)C1=CC(C(F)(F)F)=C[C@@]2(C(F)(F)F)[C@@H]1[B@@-]2(c1cc(C(F)(F)F)cc(C(F)(F)F)c1)c1n(C(C)C)cc[n+]1C(C)C.CC(C)n1cc[n+](C(C)C)c1[B-](Br)(Br)C1=CC(C(F)(F)F)=C[C@]2(C(F)(F)F)[C@H]1[B@-]2(c1cc(C(F)(F)F)cc(C(F)(F)F)c1)c1n(C(C)C)cc[n+]1C(C)C.c1ccccc1.c1ccccc1.c1ccccc1.c1ccccc1. The Kier molecular flexibility index (Phi) is 32.3. The minimum Gasteiger partial charge on any atom is -0.319 e. The Morgan fingerprint density at radius 3 is 0.659 bits per heavy atom. The van der Waals surface area contributed by atoms with Crippen LogP contribution in [0.1, 0.15) is 181 Å². The highest BCUT2D eigenvalue weighted by Gasteiger charge is 2.86. The maximum Gasteiger partial charge on any atom is 0.416 e. The zero-order valence-corrected chi connectivity index (χ0v) is 80.8. The van der Waals surface area contributed by atoms with Gasteiger partial charge in [-0.1, -0.05) is 194 Å². The highest BCUT2D eigenvalue weighted by Crippen LogP contribution is 2.85. The van der Waals surface area contributed by atoms with E-state index in [-0.39, 0.29) is 95.6 Å². The highest BCUT2D eigenvalue weighted by atomic mass is 79.9. The van der Waals surface area contributed by atoms with Crippen molar-refractivity contribution < 1.29 is 124 Å². The summed E-state index contributed by atoms with van der Waals surface area (Å²) >= 11 is 14.2. The molecule has 0 saturated carbocycles. The summed E-state index contributed by atoms with van der Waals surface area (Å²) in [4.78, 5) is 0. The molecule has 0 unspecified atom stereocenters. The quantitative estimate of drug-likeness (QED) is 0.0525. The van der Waals surface area contributed by atoms with Crippen LogP contribution in [0, 0.1) is 0 Å². The van der Waals surface area contributed by atoms with Crippen LogP contribution in [0.3, 0.4) is 0 Å². The van der Waals surface area contributed by atoms with Gasteiger partial charge in [-0.2, -0.15) is 128 Å². The molecule has 0 N–H and O–H groups in total. The van der Waals surface area contributed by atoms with Crippen molar-refractivity contribution in [3.8, 4) is 0 Å². The van der Waals surface area contributed by atoms with E-state index in [1.807, 2.05) is 146 Å². The van der Waals surface area contributed by atoms with Gasteiger partial charge in [0, 0.05) is 11.1 Å². The van der Waals surface area contributed by atoms with Gasteiger partial charge in [0.15, 0.2) is 12.3 Å². The fraction of sp³-hybridized carbons (Fsp3) is 0.391. The fourth-order valence-corrected chi connectivity index (χ4v) is 22.6. The second-order valence-electron chi connectivity index (χ2n) is 35.4. The second kappa shape index (κ2) is 39.7. The van der Waals surface area contributed by atoms with Gasteiger partial charge in [0.1, 0.15) is 61.0 Å². The summed E-state index contributed by atoms with van der Waals surface area (Å²) in [6.07, 6.45) is -39.4. The number of alkyl halides is 24. The number of benzene rings is 6. The van der Waals surface area contributed by atoms with E-state index in [2.05, 4.69) is 63.0 Å². The molecule has 6 atom stereocenters. The molecule has 2 fully saturated rings. The summed E-state index contributed by atoms with van der Waals surface area (Å²) < 4.78 is 369. The van der Waals surface area contributed by atoms with Crippen molar-refractivity contribution in [1.82, 2.24) is 18.3 Å². The molecule has 14 rings (SSSR count). The number of imidazole rings is 4. The lowest BCUT2D eigenvalue weighted by Gasteiger charge is -2.39. The predicted molar refractivity (Wildman–Crippen MR) is 486 cm³/mol. The number of aromatic nitrogens is 8. The van der Waals surface area contributed by atoms with E-state index >= 15 is 52.7 Å². The molecule has 0 spiro atoms. The number of rotatable bonds is 16. The van der Waals surface area contributed by atoms with Crippen LogP contribution in [0.2, 0.25) is 22.3 Å². The smallest absolute Gasteiger partial charge is 0.319 e. The molecule has 0 amide bonds. The van der Waals surface area contributed by atoms with E-state index in [0.29, 0.717) is 12.2 Å². The summed E-state index contributed by atoms with van der Waals surface area (Å²) in [5.41, 5.74) is -14.4. The molecule has 6 aromatic carbocycles. The first-order valence-corrected chi connectivity index (χ1v) is 46.0. The molecule has 2 aliphatic carbocycles. The normalized spacial score (nSPS) is 20.1. The zero-order valence-electron chi connectivity index (χ0n) is 74.5. The van der Waals surface area contributed by atoms with Crippen LogP contribution < -0.4 is 52.1 Å². The first-order valence-electron chi connectivity index (χ1n) is 42.4. The molecule has 716 valence electrons. The Bertz CT molecular complexity index is 5020. The minimum absolute atomic E-state index is 0.0127. The third kappa shape index (κ3) is 21.1. The molecular weight excluding hydrogens is 2040 g/mol. The van der Waals surface area contributed by atoms with E-state index < -0.39 is 171 Å². The monoisotopic (exact) mass is 2130 g/mol. The lowest BCUT2D eigenvalue weighted by Crippen LogP contribution is -2.68. The van der Waals surface area contributed by atoms with E-state index in [9.17, 15) is 52.7 Å². The van der Waals surface area contributed by atoms with Crippen molar-refractivity contribution in [2.75, 3.05) is 0 Å². The predicted octanol–water partition coefficient (Wildman–Crippen LogP) is 25.9. The van der Waals surface area contributed by atoms with Gasteiger partial charge < -0.3 is 63.0 Å². The van der Waals surface area contributed by atoms with Crippen molar-refractivity contribution in [2.45, 2.75) is 231 Å². The third-order valence-electron chi connectivity index (χ3n) is 24.5. The van der Waals surface area contributed by atoms with Crippen molar-refractivity contribution in [1.29, 1.82) is 0 Å². The summed E-state index contributed by atoms with van der Waals surface area (Å²) in [5, 5.41) is -7.30. The van der Waals surface area contributed by atoms with Gasteiger partial charge in [0.2, 0.25) is 0 Å². The second-order valence-corrected chi connectivity index (χ2v) is 43.4. The molecule has 4 aromatic heterocycles. The molecule has 2 aliphatic heterocycles. The van der Waals surface area contributed by atoms with Gasteiger partial charge in [-0.3, -0.25) is 36.5 Å². The van der Waals surface area contributed by atoms with Crippen LogP contribution in [0.25, 0.3) is 0 Å². The first kappa shape index (κ1) is 107. The molecule has 2 saturated heterocycles. The van der Waals surface area contributed by atoms with E-state index in [0.717, 1.165) is 0 Å². The molecule has 4 aliphatic rings. The first-order chi connectivity index (χ1) is 60.8. The standard InChI is InChI=1S/2C34H38B2Br2F12N4.4C6H6/c2*1-18(2)51-9-10-52(19(3)4)28(51)35(25-14-22(31(39,40)41)13-23(15-25)32(42,43)44)27-26(16-24(33(45,46)47)17-30(27,35)34(48,49)50)36(37,38)29-53(20(5)6)11-12-54(29)21(7)8;4*1-2-4-6-5-3-1/h2*9-21,27H,1-8H3;4*1-6H/t2*27-,30+,35+;;;;/m10..../s1. The van der Waals surface area contributed by atoms with Crippen LogP contribution in [0.4, 0.5) is 105 Å². The Labute approximate surface area is 784 Å². The largest absolute Gasteiger partial charge is 0.416 e. The van der Waals surface area contributed by atoms with Crippen LogP contribution >= 0.6 is 63.0 Å². The molecule has 10 aromatic rings. The summed E-state index contributed by atoms with van der Waals surface area (Å²) in [5.74, 6) is -4.28. The summed E-state index contributed by atoms with van der Waals surface area (Å²) in [7, 11) is 0. The van der Waals surface area contributed by atoms with Crippen molar-refractivity contribution >= 4 is 117 Å². The van der Waals surface area contributed by atoms with Gasteiger partial charge in [-0.25, -0.2) is 10.9 Å². The number of nitrogens with zero attached hydrogens (tertiary/aromatic N) is 8. The third-order valence-corrected chi connectivity index (χ3v) is 28.2. The number of halogens is 28. The van der Waals surface area contributed by atoms with Crippen molar-refractivity contribution in [3.05, 3.63) is 300 Å². The van der Waals surface area contributed by atoms with Crippen molar-refractivity contribution in [3.63, 3.8) is 0 Å². The minimum atomic E-state index is -5.65. The van der Waals surface area contributed by atoms with E-state index in [4.69, 9.17) is 0 Å². The van der Waals surface area contributed by atoms with E-state index in [1.54, 1.807) is 154 Å². The lowest BCUT2D eigenvalue weighted by atomic mass is 9.28. The Hall–Kier alpha value is -8.38. The number of hydrogen-bond acceptors (Lipinski definition) is 0. The molecule has 0 radical (unpaired) electrons. The van der Waals surface area contributed by atoms with Crippen LogP contribution in [-0.4, -0.2) is 62.9 Å². The van der Waals surface area contributed by atoms with E-state index in [1.165, 1.54) is 43.1 Å². The van der Waals surface area contributed by atoms with Gasteiger partial charge in [-0.15, -0.1) is 0 Å². The Morgan fingerprint density at radius 2 is 0.485 bits per heavy atom. The Morgan fingerprint density at radius 1 is 0.288 bits per heavy atom. The number of fused-ring (bicyclic) bond motifs is 2. The van der Waals surface area contributed by atoms with Gasteiger partial charge in [0.05, 0.1) is 82.0 Å². The van der Waals surface area contributed by atoms with Gasteiger partial charge in [-0.05, 0) is 134 Å². The molecule has 40 heteroatoms. The summed E-state index contributed by atoms with van der Waals surface area (Å²) in [6, 6.07) is 44.1. The average Bonchev–Trinajstić information content (AvgIpc) is 1.44. The maximum atomic E-state index is 16.4. The number of allylic oxidation sites excluding steroid dienone is 8. The average molecular weight is 2140 g/mol. The maximum absolute atomic E-state index is 16.4. The highest BCUT2D eigenvalue weighted by molar-refractivity contribution is 9.52. The van der Waals surface area contributed by atoms with Gasteiger partial charge >= 0.3 is 49.4 Å². The molecule has 132 heavy (non-hydrogen) atoms. The van der Waals surface area contributed by atoms with Crippen LogP contribution in [0.15, 0.2) is 278 Å². The van der Waals surface area contributed by atoms with Crippen LogP contribution in [-0.2, 0) is 24.7 Å². The molecule has 8 nitrogen and oxygen atoms in total. The molecular formula is C92H100B4Br4F24N8. The van der Waals surface area contributed by atoms with Crippen LogP contribution in [0.5, 0.6) is 0 Å². The zero-order chi connectivity index (χ0) is 99.2.